The van der Waals surface area contributed by atoms with Gasteiger partial charge in [-0.3, -0.25) is 4.79 Å². The number of carbonyl (C=O) groups is 2. The summed E-state index contributed by atoms with van der Waals surface area (Å²) < 4.78 is 4.87. The number of ether oxygens (including phenoxy) is 1. The molecule has 1 fully saturated rings. The van der Waals surface area contributed by atoms with Gasteiger partial charge in [0.2, 0.25) is 0 Å². The number of carbonyl (C=O) groups excluding carboxylic acids is 2. The maximum Gasteiger partial charge on any atom is 0.397 e. The lowest BCUT2D eigenvalue weighted by molar-refractivity contribution is -0.173. The van der Waals surface area contributed by atoms with Crippen LogP contribution in [0.25, 0.3) is 0 Å². The SMILES string of the molecule is CC1CN(C(C)c2ccc(Cl)nc2)C(=O)C(=O)O1. The number of rotatable bonds is 2. The lowest BCUT2D eigenvalue weighted by Gasteiger charge is -2.34. The van der Waals surface area contributed by atoms with Gasteiger partial charge in [-0.15, -0.1) is 0 Å². The number of hydrogen-bond acceptors (Lipinski definition) is 4. The molecule has 1 aliphatic rings. The van der Waals surface area contributed by atoms with Gasteiger partial charge in [0.15, 0.2) is 0 Å². The van der Waals surface area contributed by atoms with E-state index in [4.69, 9.17) is 16.3 Å². The van der Waals surface area contributed by atoms with Crippen LogP contribution in [0.15, 0.2) is 18.3 Å². The molecule has 0 bridgehead atoms. The van der Waals surface area contributed by atoms with Crippen LogP contribution < -0.4 is 0 Å². The van der Waals surface area contributed by atoms with E-state index in [1.807, 2.05) is 6.92 Å². The molecular formula is C12H13ClN2O3. The number of cyclic esters (lactones) is 1. The first-order chi connectivity index (χ1) is 8.49. The van der Waals surface area contributed by atoms with Crippen LogP contribution in [0.2, 0.25) is 5.15 Å². The minimum Gasteiger partial charge on any atom is -0.454 e. The predicted molar refractivity (Wildman–Crippen MR) is 64.9 cm³/mol. The van der Waals surface area contributed by atoms with E-state index in [0.717, 1.165) is 5.56 Å². The summed E-state index contributed by atoms with van der Waals surface area (Å²) in [7, 11) is 0. The summed E-state index contributed by atoms with van der Waals surface area (Å²) in [6, 6.07) is 3.21. The van der Waals surface area contributed by atoms with Gasteiger partial charge < -0.3 is 9.64 Å². The second-order valence-corrected chi connectivity index (χ2v) is 4.65. The molecule has 1 amide bonds. The van der Waals surface area contributed by atoms with Crippen molar-refractivity contribution in [1.82, 2.24) is 9.88 Å². The average Bonchev–Trinajstić information content (AvgIpc) is 2.34. The standard InChI is InChI=1S/C12H13ClN2O3/c1-7-6-15(11(16)12(17)18-7)8(2)9-3-4-10(13)14-5-9/h3-5,7-8H,6H2,1-2H3. The van der Waals surface area contributed by atoms with Gasteiger partial charge in [0.25, 0.3) is 0 Å². The Bertz CT molecular complexity index is 475. The molecule has 18 heavy (non-hydrogen) atoms. The smallest absolute Gasteiger partial charge is 0.397 e. The third kappa shape index (κ3) is 2.46. The molecule has 2 rings (SSSR count). The molecule has 1 aliphatic heterocycles. The molecule has 5 nitrogen and oxygen atoms in total. The molecule has 1 saturated heterocycles. The number of aromatic nitrogens is 1. The molecule has 0 aromatic carbocycles. The van der Waals surface area contributed by atoms with E-state index >= 15 is 0 Å². The average molecular weight is 269 g/mol. The van der Waals surface area contributed by atoms with Crippen molar-refractivity contribution in [2.24, 2.45) is 0 Å². The number of nitrogens with zero attached hydrogens (tertiary/aromatic N) is 2. The molecule has 2 unspecified atom stereocenters. The van der Waals surface area contributed by atoms with Crippen LogP contribution in [0.3, 0.4) is 0 Å². The van der Waals surface area contributed by atoms with Crippen LogP contribution >= 0.6 is 11.6 Å². The summed E-state index contributed by atoms with van der Waals surface area (Å²) in [5, 5.41) is 0.392. The lowest BCUT2D eigenvalue weighted by atomic mass is 10.1. The maximum atomic E-state index is 11.8. The van der Waals surface area contributed by atoms with Gasteiger partial charge in [-0.2, -0.15) is 0 Å². The number of hydrogen-bond donors (Lipinski definition) is 0. The number of esters is 1. The van der Waals surface area contributed by atoms with Gasteiger partial charge in [0.05, 0.1) is 12.6 Å². The quantitative estimate of drug-likeness (QED) is 0.464. The molecule has 0 spiro atoms. The zero-order valence-corrected chi connectivity index (χ0v) is 10.8. The first-order valence-corrected chi connectivity index (χ1v) is 6.00. The van der Waals surface area contributed by atoms with Crippen LogP contribution in [0.5, 0.6) is 0 Å². The summed E-state index contributed by atoms with van der Waals surface area (Å²) in [5.41, 5.74) is 0.828. The van der Waals surface area contributed by atoms with E-state index in [1.54, 1.807) is 25.3 Å². The van der Waals surface area contributed by atoms with Crippen molar-refractivity contribution in [3.8, 4) is 0 Å². The van der Waals surface area contributed by atoms with Gasteiger partial charge in [-0.25, -0.2) is 9.78 Å². The zero-order chi connectivity index (χ0) is 13.3. The summed E-state index contributed by atoms with van der Waals surface area (Å²) in [5.74, 6) is -1.42. The molecule has 0 radical (unpaired) electrons. The van der Waals surface area contributed by atoms with Crippen molar-refractivity contribution >= 4 is 23.5 Å². The van der Waals surface area contributed by atoms with Crippen molar-refractivity contribution in [3.63, 3.8) is 0 Å². The number of amides is 1. The molecule has 2 atom stereocenters. The molecule has 0 N–H and O–H groups in total. The topological polar surface area (TPSA) is 59.5 Å². The van der Waals surface area contributed by atoms with Crippen molar-refractivity contribution in [1.29, 1.82) is 0 Å². The molecule has 1 aromatic rings. The van der Waals surface area contributed by atoms with Crippen LogP contribution in [0.1, 0.15) is 25.5 Å². The minimum atomic E-state index is -0.803. The van der Waals surface area contributed by atoms with Crippen molar-refractivity contribution in [3.05, 3.63) is 29.0 Å². The summed E-state index contributed by atoms with van der Waals surface area (Å²) in [4.78, 5) is 28.6. The van der Waals surface area contributed by atoms with Crippen LogP contribution in [0, 0.1) is 0 Å². The Hall–Kier alpha value is -1.62. The molecule has 0 saturated carbocycles. The first-order valence-electron chi connectivity index (χ1n) is 5.62. The Morgan fingerprint density at radius 1 is 1.50 bits per heavy atom. The maximum absolute atomic E-state index is 11.8. The minimum absolute atomic E-state index is 0.238. The Kier molecular flexibility index (Phi) is 3.52. The van der Waals surface area contributed by atoms with E-state index in [9.17, 15) is 9.59 Å². The van der Waals surface area contributed by atoms with Crippen LogP contribution in [-0.2, 0) is 14.3 Å². The Balaban J connectivity index is 2.21. The van der Waals surface area contributed by atoms with Crippen molar-refractivity contribution < 1.29 is 14.3 Å². The molecule has 2 heterocycles. The monoisotopic (exact) mass is 268 g/mol. The number of morpholine rings is 1. The molecule has 0 aliphatic carbocycles. The van der Waals surface area contributed by atoms with Gasteiger partial charge in [-0.1, -0.05) is 17.7 Å². The highest BCUT2D eigenvalue weighted by Gasteiger charge is 2.35. The fourth-order valence-electron chi connectivity index (χ4n) is 1.90. The second-order valence-electron chi connectivity index (χ2n) is 4.26. The third-order valence-electron chi connectivity index (χ3n) is 2.90. The fourth-order valence-corrected chi connectivity index (χ4v) is 2.01. The number of halogens is 1. The van der Waals surface area contributed by atoms with Gasteiger partial charge in [0, 0.05) is 6.20 Å². The fraction of sp³-hybridized carbons (Fsp3) is 0.417. The molecular weight excluding hydrogens is 256 g/mol. The van der Waals surface area contributed by atoms with Crippen molar-refractivity contribution in [2.75, 3.05) is 6.54 Å². The Morgan fingerprint density at radius 2 is 2.22 bits per heavy atom. The Morgan fingerprint density at radius 3 is 2.83 bits per heavy atom. The van der Waals surface area contributed by atoms with Gasteiger partial charge in [-0.05, 0) is 25.5 Å². The Labute approximate surface area is 110 Å². The molecule has 1 aromatic heterocycles. The third-order valence-corrected chi connectivity index (χ3v) is 3.12. The van der Waals surface area contributed by atoms with E-state index in [2.05, 4.69) is 4.98 Å². The van der Waals surface area contributed by atoms with Crippen molar-refractivity contribution in [2.45, 2.75) is 26.0 Å². The van der Waals surface area contributed by atoms with E-state index < -0.39 is 11.9 Å². The summed E-state index contributed by atoms with van der Waals surface area (Å²) >= 11 is 5.71. The lowest BCUT2D eigenvalue weighted by Crippen LogP contribution is -2.49. The van der Waals surface area contributed by atoms with E-state index in [-0.39, 0.29) is 12.1 Å². The first kappa shape index (κ1) is 12.8. The van der Waals surface area contributed by atoms with Crippen LogP contribution in [0.4, 0.5) is 0 Å². The predicted octanol–water partition coefficient (Wildman–Crippen LogP) is 1.57. The highest BCUT2D eigenvalue weighted by molar-refractivity contribution is 6.33. The van der Waals surface area contributed by atoms with Crippen LogP contribution in [-0.4, -0.2) is 34.4 Å². The summed E-state index contributed by atoms with van der Waals surface area (Å²) in [6.07, 6.45) is 1.31. The zero-order valence-electron chi connectivity index (χ0n) is 10.1. The number of pyridine rings is 1. The summed E-state index contributed by atoms with van der Waals surface area (Å²) in [6.45, 7) is 3.98. The highest BCUT2D eigenvalue weighted by Crippen LogP contribution is 2.23. The largest absolute Gasteiger partial charge is 0.454 e. The van der Waals surface area contributed by atoms with E-state index in [1.165, 1.54) is 4.90 Å². The highest BCUT2D eigenvalue weighted by atomic mass is 35.5. The van der Waals surface area contributed by atoms with E-state index in [0.29, 0.717) is 11.7 Å². The second kappa shape index (κ2) is 4.94. The normalized spacial score (nSPS) is 21.7. The molecule has 96 valence electrons. The van der Waals surface area contributed by atoms with Gasteiger partial charge in [0.1, 0.15) is 11.3 Å². The molecule has 6 heteroatoms. The van der Waals surface area contributed by atoms with Gasteiger partial charge >= 0.3 is 11.9 Å².